The number of halogens is 1. The molecule has 0 heterocycles. The summed E-state index contributed by atoms with van der Waals surface area (Å²) >= 11 is 3.57. The summed E-state index contributed by atoms with van der Waals surface area (Å²) in [6, 6.07) is 11.9. The maximum Gasteiger partial charge on any atom is 0.121 e. The van der Waals surface area contributed by atoms with E-state index in [1.807, 2.05) is 37.3 Å². The molecular formula is C17H20BrNO2. The highest BCUT2D eigenvalue weighted by atomic mass is 79.9. The predicted octanol–water partition coefficient (Wildman–Crippen LogP) is 4.02. The Labute approximate surface area is 134 Å². The molecule has 21 heavy (non-hydrogen) atoms. The molecule has 4 heteroatoms. The van der Waals surface area contributed by atoms with Crippen LogP contribution in [0.15, 0.2) is 40.9 Å². The van der Waals surface area contributed by atoms with Crippen molar-refractivity contribution in [1.29, 1.82) is 0 Å². The van der Waals surface area contributed by atoms with Crippen LogP contribution >= 0.6 is 15.9 Å². The average molecular weight is 350 g/mol. The second kappa shape index (κ2) is 6.96. The van der Waals surface area contributed by atoms with Gasteiger partial charge in [-0.3, -0.25) is 0 Å². The van der Waals surface area contributed by atoms with E-state index < -0.39 is 0 Å². The number of hydrogen-bond acceptors (Lipinski definition) is 3. The van der Waals surface area contributed by atoms with Crippen molar-refractivity contribution in [2.75, 3.05) is 14.2 Å². The lowest BCUT2D eigenvalue weighted by Gasteiger charge is -2.16. The molecule has 0 aliphatic rings. The Morgan fingerprint density at radius 2 is 1.86 bits per heavy atom. The summed E-state index contributed by atoms with van der Waals surface area (Å²) in [7, 11) is 3.34. The first-order valence-electron chi connectivity index (χ1n) is 6.77. The normalized spacial score (nSPS) is 12.0. The molecule has 2 rings (SSSR count). The standard InChI is InChI=1S/C17H20BrNO2/c1-11-8-12(4-7-17(11)21-3)16(19)10-13-9-14(20-2)5-6-15(13)18/h4-9,16H,10,19H2,1-3H3. The molecule has 0 aliphatic carbocycles. The summed E-state index contributed by atoms with van der Waals surface area (Å²) in [5.41, 5.74) is 9.67. The van der Waals surface area contributed by atoms with E-state index in [-0.39, 0.29) is 6.04 Å². The van der Waals surface area contributed by atoms with Crippen LogP contribution in [0.1, 0.15) is 22.7 Å². The first kappa shape index (κ1) is 15.9. The Morgan fingerprint density at radius 1 is 1.10 bits per heavy atom. The fourth-order valence-corrected chi connectivity index (χ4v) is 2.73. The van der Waals surface area contributed by atoms with E-state index in [0.717, 1.165) is 39.1 Å². The van der Waals surface area contributed by atoms with Gasteiger partial charge in [-0.15, -0.1) is 0 Å². The van der Waals surface area contributed by atoms with Crippen LogP contribution in [0.4, 0.5) is 0 Å². The third-order valence-electron chi connectivity index (χ3n) is 3.54. The summed E-state index contributed by atoms with van der Waals surface area (Å²) in [6.45, 7) is 2.02. The van der Waals surface area contributed by atoms with Crippen LogP contribution in [0, 0.1) is 6.92 Å². The van der Waals surface area contributed by atoms with Crippen LogP contribution in [0.3, 0.4) is 0 Å². The Hall–Kier alpha value is -1.52. The van der Waals surface area contributed by atoms with Gasteiger partial charge in [-0.2, -0.15) is 0 Å². The highest BCUT2D eigenvalue weighted by molar-refractivity contribution is 9.10. The molecule has 0 bridgehead atoms. The molecular weight excluding hydrogens is 330 g/mol. The van der Waals surface area contributed by atoms with E-state index in [1.165, 1.54) is 0 Å². The quantitative estimate of drug-likeness (QED) is 0.886. The Morgan fingerprint density at radius 3 is 2.48 bits per heavy atom. The molecule has 1 atom stereocenters. The molecule has 112 valence electrons. The number of hydrogen-bond donors (Lipinski definition) is 1. The Kier molecular flexibility index (Phi) is 5.26. The van der Waals surface area contributed by atoms with E-state index in [2.05, 4.69) is 22.0 Å². The molecule has 0 fully saturated rings. The van der Waals surface area contributed by atoms with Crippen LogP contribution in [-0.2, 0) is 6.42 Å². The van der Waals surface area contributed by atoms with Crippen LogP contribution in [-0.4, -0.2) is 14.2 Å². The van der Waals surface area contributed by atoms with Crippen molar-refractivity contribution in [3.8, 4) is 11.5 Å². The largest absolute Gasteiger partial charge is 0.497 e. The van der Waals surface area contributed by atoms with E-state index in [1.54, 1.807) is 14.2 Å². The van der Waals surface area contributed by atoms with Gasteiger partial charge in [0.25, 0.3) is 0 Å². The first-order valence-corrected chi connectivity index (χ1v) is 7.57. The number of nitrogens with two attached hydrogens (primary N) is 1. The summed E-state index contributed by atoms with van der Waals surface area (Å²) < 4.78 is 11.6. The van der Waals surface area contributed by atoms with Crippen LogP contribution < -0.4 is 15.2 Å². The maximum absolute atomic E-state index is 6.35. The van der Waals surface area contributed by atoms with Crippen LogP contribution in [0.5, 0.6) is 11.5 Å². The molecule has 0 saturated heterocycles. The summed E-state index contributed by atoms with van der Waals surface area (Å²) in [4.78, 5) is 0. The van der Waals surface area contributed by atoms with Crippen LogP contribution in [0.2, 0.25) is 0 Å². The smallest absolute Gasteiger partial charge is 0.121 e. The Bertz CT molecular complexity index is 628. The summed E-state index contributed by atoms with van der Waals surface area (Å²) in [5.74, 6) is 1.72. The number of rotatable bonds is 5. The van der Waals surface area contributed by atoms with Gasteiger partial charge >= 0.3 is 0 Å². The molecule has 0 amide bonds. The first-order chi connectivity index (χ1) is 10.0. The molecule has 0 spiro atoms. The fourth-order valence-electron chi connectivity index (χ4n) is 2.32. The Balaban J connectivity index is 2.21. The summed E-state index contributed by atoms with van der Waals surface area (Å²) in [6.07, 6.45) is 0.740. The molecule has 2 aromatic rings. The third kappa shape index (κ3) is 3.77. The van der Waals surface area contributed by atoms with Crippen molar-refractivity contribution in [1.82, 2.24) is 0 Å². The van der Waals surface area contributed by atoms with Gasteiger partial charge in [0.05, 0.1) is 14.2 Å². The summed E-state index contributed by atoms with van der Waals surface area (Å²) in [5, 5.41) is 0. The molecule has 1 unspecified atom stereocenters. The van der Waals surface area contributed by atoms with E-state index >= 15 is 0 Å². The van der Waals surface area contributed by atoms with Gasteiger partial charge in [0.1, 0.15) is 11.5 Å². The lowest BCUT2D eigenvalue weighted by molar-refractivity contribution is 0.411. The molecule has 2 aromatic carbocycles. The average Bonchev–Trinajstić information content (AvgIpc) is 2.49. The zero-order valence-corrected chi connectivity index (χ0v) is 14.1. The zero-order chi connectivity index (χ0) is 15.4. The van der Waals surface area contributed by atoms with E-state index in [0.29, 0.717) is 0 Å². The van der Waals surface area contributed by atoms with Gasteiger partial charge < -0.3 is 15.2 Å². The molecule has 0 saturated carbocycles. The van der Waals surface area contributed by atoms with Crippen LogP contribution in [0.25, 0.3) is 0 Å². The number of methoxy groups -OCH3 is 2. The highest BCUT2D eigenvalue weighted by Crippen LogP contribution is 2.28. The van der Waals surface area contributed by atoms with Gasteiger partial charge in [0, 0.05) is 10.5 Å². The monoisotopic (exact) mass is 349 g/mol. The topological polar surface area (TPSA) is 44.5 Å². The SMILES string of the molecule is COc1ccc(Br)c(CC(N)c2ccc(OC)c(C)c2)c1. The molecule has 0 radical (unpaired) electrons. The predicted molar refractivity (Wildman–Crippen MR) is 89.1 cm³/mol. The molecule has 2 N–H and O–H groups in total. The van der Waals surface area contributed by atoms with Crippen molar-refractivity contribution >= 4 is 15.9 Å². The lowest BCUT2D eigenvalue weighted by Crippen LogP contribution is -2.14. The fraction of sp³-hybridized carbons (Fsp3) is 0.294. The number of aryl methyl sites for hydroxylation is 1. The molecule has 3 nitrogen and oxygen atoms in total. The molecule has 0 aliphatic heterocycles. The second-order valence-corrected chi connectivity index (χ2v) is 5.85. The van der Waals surface area contributed by atoms with Gasteiger partial charge in [0.2, 0.25) is 0 Å². The minimum Gasteiger partial charge on any atom is -0.497 e. The number of ether oxygens (including phenoxy) is 2. The minimum atomic E-state index is -0.0713. The minimum absolute atomic E-state index is 0.0713. The van der Waals surface area contributed by atoms with Gasteiger partial charge in [-0.25, -0.2) is 0 Å². The van der Waals surface area contributed by atoms with Crippen molar-refractivity contribution in [3.05, 3.63) is 57.6 Å². The number of benzene rings is 2. The van der Waals surface area contributed by atoms with Crippen molar-refractivity contribution < 1.29 is 9.47 Å². The lowest BCUT2D eigenvalue weighted by atomic mass is 9.98. The van der Waals surface area contributed by atoms with Crippen molar-refractivity contribution in [2.45, 2.75) is 19.4 Å². The molecule has 0 aromatic heterocycles. The van der Waals surface area contributed by atoms with Crippen molar-refractivity contribution in [2.24, 2.45) is 5.73 Å². The van der Waals surface area contributed by atoms with E-state index in [4.69, 9.17) is 15.2 Å². The highest BCUT2D eigenvalue weighted by Gasteiger charge is 2.12. The van der Waals surface area contributed by atoms with Crippen molar-refractivity contribution in [3.63, 3.8) is 0 Å². The van der Waals surface area contributed by atoms with E-state index in [9.17, 15) is 0 Å². The second-order valence-electron chi connectivity index (χ2n) is 5.00. The van der Waals surface area contributed by atoms with Gasteiger partial charge in [0.15, 0.2) is 0 Å². The van der Waals surface area contributed by atoms with Gasteiger partial charge in [-0.05, 0) is 54.3 Å². The van der Waals surface area contributed by atoms with Gasteiger partial charge in [-0.1, -0.05) is 28.1 Å². The third-order valence-corrected chi connectivity index (χ3v) is 4.31. The maximum atomic E-state index is 6.35. The zero-order valence-electron chi connectivity index (χ0n) is 12.5.